The first kappa shape index (κ1) is 16.4. The lowest BCUT2D eigenvalue weighted by Gasteiger charge is -2.15. The lowest BCUT2D eigenvalue weighted by molar-refractivity contribution is 0.318. The summed E-state index contributed by atoms with van der Waals surface area (Å²) < 4.78 is 1.99. The number of likely N-dealkylation sites (tertiary alicyclic amines) is 1. The van der Waals surface area contributed by atoms with E-state index in [1.165, 1.54) is 17.0 Å². The summed E-state index contributed by atoms with van der Waals surface area (Å²) in [6.07, 6.45) is 7.62. The molecule has 3 aromatic heterocycles. The van der Waals surface area contributed by atoms with E-state index in [1.807, 2.05) is 23.3 Å². The molecule has 0 N–H and O–H groups in total. The van der Waals surface area contributed by atoms with Crippen molar-refractivity contribution in [1.29, 1.82) is 0 Å². The fourth-order valence-corrected chi connectivity index (χ4v) is 4.26. The van der Waals surface area contributed by atoms with Gasteiger partial charge in [-0.2, -0.15) is 0 Å². The van der Waals surface area contributed by atoms with Gasteiger partial charge < -0.3 is 4.57 Å². The van der Waals surface area contributed by atoms with Crippen molar-refractivity contribution < 1.29 is 0 Å². The van der Waals surface area contributed by atoms with Crippen molar-refractivity contribution >= 4 is 11.3 Å². The molecule has 7 heteroatoms. The highest BCUT2D eigenvalue weighted by Gasteiger charge is 2.24. The van der Waals surface area contributed by atoms with E-state index < -0.39 is 0 Å². The maximum atomic E-state index is 4.48. The molecule has 1 saturated heterocycles. The fraction of sp³-hybridized carbons (Fsp3) is 0.444. The Morgan fingerprint density at radius 2 is 2.16 bits per heavy atom. The molecule has 25 heavy (non-hydrogen) atoms. The van der Waals surface area contributed by atoms with Crippen LogP contribution in [0.4, 0.5) is 0 Å². The van der Waals surface area contributed by atoms with Crippen molar-refractivity contribution in [1.82, 2.24) is 29.4 Å². The lowest BCUT2D eigenvalue weighted by atomic mass is 10.0. The third kappa shape index (κ3) is 3.62. The van der Waals surface area contributed by atoms with Crippen molar-refractivity contribution in [2.75, 3.05) is 13.1 Å². The Bertz CT molecular complexity index is 855. The molecule has 0 aliphatic carbocycles. The molecule has 1 fully saturated rings. The molecule has 0 radical (unpaired) electrons. The van der Waals surface area contributed by atoms with Crippen LogP contribution in [0.5, 0.6) is 0 Å². The van der Waals surface area contributed by atoms with E-state index >= 15 is 0 Å². The van der Waals surface area contributed by atoms with Gasteiger partial charge in [0.05, 0.1) is 11.2 Å². The maximum Gasteiger partial charge on any atom is 0.158 e. The summed E-state index contributed by atoms with van der Waals surface area (Å²) >= 11 is 1.76. The molecule has 0 bridgehead atoms. The minimum atomic E-state index is 0.650. The van der Waals surface area contributed by atoms with E-state index in [1.54, 1.807) is 23.9 Å². The summed E-state index contributed by atoms with van der Waals surface area (Å²) in [6.45, 7) is 5.40. The monoisotopic (exact) mass is 354 g/mol. The highest BCUT2D eigenvalue weighted by Crippen LogP contribution is 2.24. The predicted molar refractivity (Wildman–Crippen MR) is 98.2 cm³/mol. The van der Waals surface area contributed by atoms with Crippen LogP contribution in [0.1, 0.15) is 22.7 Å². The summed E-state index contributed by atoms with van der Waals surface area (Å²) in [5.41, 5.74) is 5.11. The predicted octanol–water partition coefficient (Wildman–Crippen LogP) is 2.71. The molecule has 0 saturated carbocycles. The van der Waals surface area contributed by atoms with E-state index in [2.05, 4.69) is 37.8 Å². The minimum Gasteiger partial charge on any atom is -0.333 e. The lowest BCUT2D eigenvalue weighted by Crippen LogP contribution is -2.20. The normalized spacial score (nSPS) is 18.1. The van der Waals surface area contributed by atoms with Crippen molar-refractivity contribution in [2.45, 2.75) is 26.3 Å². The number of hydrogen-bond donors (Lipinski definition) is 0. The van der Waals surface area contributed by atoms with Gasteiger partial charge in [-0.05, 0) is 38.3 Å². The Hall–Kier alpha value is -2.12. The Morgan fingerprint density at radius 1 is 1.24 bits per heavy atom. The highest BCUT2D eigenvalue weighted by molar-refractivity contribution is 7.09. The molecular formula is C18H22N6S. The van der Waals surface area contributed by atoms with E-state index in [9.17, 15) is 0 Å². The van der Waals surface area contributed by atoms with Crippen LogP contribution in [-0.2, 0) is 20.0 Å². The SMILES string of the molecule is Cc1ncsc1CN1CCC(Cc2cc(-c3nccn3C)ncn2)C1. The first-order chi connectivity index (χ1) is 12.2. The van der Waals surface area contributed by atoms with Gasteiger partial charge in [-0.25, -0.2) is 19.9 Å². The van der Waals surface area contributed by atoms with Gasteiger partial charge in [0.1, 0.15) is 12.0 Å². The number of imidazole rings is 1. The zero-order valence-corrected chi connectivity index (χ0v) is 15.4. The molecule has 0 aromatic carbocycles. The Labute approximate surface area is 151 Å². The molecule has 0 spiro atoms. The van der Waals surface area contributed by atoms with E-state index in [-0.39, 0.29) is 0 Å². The largest absolute Gasteiger partial charge is 0.333 e. The van der Waals surface area contributed by atoms with Crippen LogP contribution in [0.15, 0.2) is 30.3 Å². The van der Waals surface area contributed by atoms with Crippen molar-refractivity contribution in [3.8, 4) is 11.5 Å². The smallest absolute Gasteiger partial charge is 0.158 e. The van der Waals surface area contributed by atoms with Gasteiger partial charge in [-0.3, -0.25) is 4.90 Å². The molecular weight excluding hydrogens is 332 g/mol. The number of nitrogens with zero attached hydrogens (tertiary/aromatic N) is 6. The summed E-state index contributed by atoms with van der Waals surface area (Å²) in [5.74, 6) is 1.54. The topological polar surface area (TPSA) is 59.7 Å². The summed E-state index contributed by atoms with van der Waals surface area (Å²) in [4.78, 5) is 21.5. The minimum absolute atomic E-state index is 0.650. The molecule has 0 amide bonds. The molecule has 4 heterocycles. The summed E-state index contributed by atoms with van der Waals surface area (Å²) in [6, 6.07) is 2.08. The molecule has 1 aliphatic heterocycles. The second kappa shape index (κ2) is 7.01. The van der Waals surface area contributed by atoms with Gasteiger partial charge in [-0.15, -0.1) is 11.3 Å². The molecule has 130 valence electrons. The first-order valence-corrected chi connectivity index (χ1v) is 9.47. The summed E-state index contributed by atoms with van der Waals surface area (Å²) in [5, 5.41) is 0. The number of rotatable bonds is 5. The first-order valence-electron chi connectivity index (χ1n) is 8.59. The van der Waals surface area contributed by atoms with Gasteiger partial charge in [0.25, 0.3) is 0 Å². The Morgan fingerprint density at radius 3 is 2.92 bits per heavy atom. The van der Waals surface area contributed by atoms with E-state index in [0.29, 0.717) is 5.92 Å². The van der Waals surface area contributed by atoms with Crippen LogP contribution in [0.25, 0.3) is 11.5 Å². The van der Waals surface area contributed by atoms with E-state index in [4.69, 9.17) is 0 Å². The quantitative estimate of drug-likeness (QED) is 0.705. The van der Waals surface area contributed by atoms with Gasteiger partial charge >= 0.3 is 0 Å². The van der Waals surface area contributed by atoms with Crippen molar-refractivity contribution in [3.05, 3.63) is 46.6 Å². The summed E-state index contributed by atoms with van der Waals surface area (Å²) in [7, 11) is 1.99. The average molecular weight is 354 g/mol. The molecule has 3 aromatic rings. The number of thiazole rings is 1. The number of aryl methyl sites for hydroxylation is 2. The van der Waals surface area contributed by atoms with Gasteiger partial charge in [0.2, 0.25) is 0 Å². The number of aromatic nitrogens is 5. The second-order valence-electron chi connectivity index (χ2n) is 6.71. The van der Waals surface area contributed by atoms with Gasteiger partial charge in [0.15, 0.2) is 5.82 Å². The van der Waals surface area contributed by atoms with Gasteiger partial charge in [-0.1, -0.05) is 0 Å². The Balaban J connectivity index is 1.40. The van der Waals surface area contributed by atoms with Crippen LogP contribution in [-0.4, -0.2) is 42.5 Å². The van der Waals surface area contributed by atoms with Crippen LogP contribution in [0.3, 0.4) is 0 Å². The highest BCUT2D eigenvalue weighted by atomic mass is 32.1. The molecule has 1 unspecified atom stereocenters. The molecule has 1 atom stereocenters. The van der Waals surface area contributed by atoms with Crippen LogP contribution in [0.2, 0.25) is 0 Å². The van der Waals surface area contributed by atoms with Crippen molar-refractivity contribution in [3.63, 3.8) is 0 Å². The van der Waals surface area contributed by atoms with E-state index in [0.717, 1.165) is 43.3 Å². The van der Waals surface area contributed by atoms with Crippen LogP contribution < -0.4 is 0 Å². The molecule has 4 rings (SSSR count). The third-order valence-electron chi connectivity index (χ3n) is 4.85. The molecule has 6 nitrogen and oxygen atoms in total. The zero-order chi connectivity index (χ0) is 17.2. The molecule has 1 aliphatic rings. The van der Waals surface area contributed by atoms with Crippen molar-refractivity contribution in [2.24, 2.45) is 13.0 Å². The van der Waals surface area contributed by atoms with Crippen LogP contribution in [0, 0.1) is 12.8 Å². The maximum absolute atomic E-state index is 4.48. The van der Waals surface area contributed by atoms with Crippen LogP contribution >= 0.6 is 11.3 Å². The second-order valence-corrected chi connectivity index (χ2v) is 7.65. The number of hydrogen-bond acceptors (Lipinski definition) is 6. The standard InChI is InChI=1S/C18H22N6S/c1-13-17(25-12-22-13)10-24-5-3-14(9-24)7-15-8-16(21-11-20-15)18-19-4-6-23(18)2/h4,6,8,11-12,14H,3,5,7,9-10H2,1-2H3. The van der Waals surface area contributed by atoms with Gasteiger partial charge in [0, 0.05) is 43.1 Å². The average Bonchev–Trinajstić information content (AvgIpc) is 3.32. The Kier molecular flexibility index (Phi) is 4.59. The third-order valence-corrected chi connectivity index (χ3v) is 5.77. The fourth-order valence-electron chi connectivity index (χ4n) is 3.44. The zero-order valence-electron chi connectivity index (χ0n) is 14.6.